The van der Waals surface area contributed by atoms with Crippen molar-refractivity contribution in [2.24, 2.45) is 5.92 Å². The predicted molar refractivity (Wildman–Crippen MR) is 55.5 cm³/mol. The van der Waals surface area contributed by atoms with Gasteiger partial charge in [-0.1, -0.05) is 6.42 Å². The number of hydrogen-bond acceptors (Lipinski definition) is 2. The first-order chi connectivity index (χ1) is 6.20. The summed E-state index contributed by atoms with van der Waals surface area (Å²) in [4.78, 5) is 13.1. The Bertz CT molecular complexity index is 334. The van der Waals surface area contributed by atoms with Gasteiger partial charge in [-0.15, -0.1) is 11.3 Å². The van der Waals surface area contributed by atoms with Crippen LogP contribution in [0.4, 0.5) is 0 Å². The Morgan fingerprint density at radius 2 is 2.15 bits per heavy atom. The van der Waals surface area contributed by atoms with Gasteiger partial charge in [0.05, 0.1) is 0 Å². The summed E-state index contributed by atoms with van der Waals surface area (Å²) in [6.45, 7) is 4.13. The molecule has 0 saturated heterocycles. The maximum atomic E-state index is 11.9. The molecule has 1 nitrogen and oxygen atoms in total. The molecule has 1 aromatic heterocycles. The summed E-state index contributed by atoms with van der Waals surface area (Å²) in [5.74, 6) is 0.723. The molecule has 1 fully saturated rings. The van der Waals surface area contributed by atoms with Crippen molar-refractivity contribution in [2.45, 2.75) is 33.1 Å². The molecule has 1 aliphatic carbocycles. The van der Waals surface area contributed by atoms with Gasteiger partial charge < -0.3 is 0 Å². The standard InChI is InChI=1S/C11H14OS/c1-7-8(2)13-6-10(7)11(12)9-4-3-5-9/h6,9H,3-5H2,1-2H3. The zero-order chi connectivity index (χ0) is 9.42. The minimum Gasteiger partial charge on any atom is -0.294 e. The van der Waals surface area contributed by atoms with E-state index in [9.17, 15) is 4.79 Å². The second-order valence-corrected chi connectivity index (χ2v) is 4.91. The van der Waals surface area contributed by atoms with Gasteiger partial charge in [-0.05, 0) is 32.3 Å². The zero-order valence-corrected chi connectivity index (χ0v) is 8.91. The Morgan fingerprint density at radius 1 is 1.46 bits per heavy atom. The minimum absolute atomic E-state index is 0.340. The molecule has 0 aromatic carbocycles. The lowest BCUT2D eigenvalue weighted by Gasteiger charge is -2.23. The average molecular weight is 194 g/mol. The highest BCUT2D eigenvalue weighted by molar-refractivity contribution is 7.10. The first kappa shape index (κ1) is 8.95. The molecule has 1 aromatic rings. The van der Waals surface area contributed by atoms with Crippen LogP contribution in [0.3, 0.4) is 0 Å². The monoisotopic (exact) mass is 194 g/mol. The van der Waals surface area contributed by atoms with E-state index >= 15 is 0 Å². The van der Waals surface area contributed by atoms with Crippen LogP contribution in [0.25, 0.3) is 0 Å². The molecule has 2 rings (SSSR count). The zero-order valence-electron chi connectivity index (χ0n) is 8.09. The summed E-state index contributed by atoms with van der Waals surface area (Å²) in [5, 5.41) is 2.02. The second-order valence-electron chi connectivity index (χ2n) is 3.82. The van der Waals surface area contributed by atoms with Crippen LogP contribution in [0.1, 0.15) is 40.1 Å². The van der Waals surface area contributed by atoms with E-state index in [0.29, 0.717) is 11.7 Å². The van der Waals surface area contributed by atoms with Crippen LogP contribution in [-0.2, 0) is 0 Å². The number of ketones is 1. The second kappa shape index (κ2) is 3.26. The molecule has 70 valence electrons. The van der Waals surface area contributed by atoms with Crippen molar-refractivity contribution in [3.05, 3.63) is 21.4 Å². The summed E-state index contributed by atoms with van der Waals surface area (Å²) >= 11 is 1.69. The molecule has 0 aliphatic heterocycles. The van der Waals surface area contributed by atoms with Crippen molar-refractivity contribution in [1.29, 1.82) is 0 Å². The number of hydrogen-bond donors (Lipinski definition) is 0. The lowest BCUT2D eigenvalue weighted by molar-refractivity contribution is 0.0855. The molecule has 0 radical (unpaired) electrons. The van der Waals surface area contributed by atoms with Crippen molar-refractivity contribution in [3.8, 4) is 0 Å². The summed E-state index contributed by atoms with van der Waals surface area (Å²) in [6.07, 6.45) is 3.44. The maximum absolute atomic E-state index is 11.9. The van der Waals surface area contributed by atoms with Gasteiger partial charge in [0.25, 0.3) is 0 Å². The van der Waals surface area contributed by atoms with Gasteiger partial charge in [0.1, 0.15) is 0 Å². The van der Waals surface area contributed by atoms with Crippen LogP contribution in [0.2, 0.25) is 0 Å². The Kier molecular flexibility index (Phi) is 2.24. The molecule has 1 saturated carbocycles. The van der Waals surface area contributed by atoms with Crippen molar-refractivity contribution >= 4 is 17.1 Å². The highest BCUT2D eigenvalue weighted by Crippen LogP contribution is 2.32. The van der Waals surface area contributed by atoms with E-state index in [2.05, 4.69) is 13.8 Å². The summed E-state index contributed by atoms with van der Waals surface area (Å²) < 4.78 is 0. The smallest absolute Gasteiger partial charge is 0.167 e. The maximum Gasteiger partial charge on any atom is 0.167 e. The van der Waals surface area contributed by atoms with E-state index in [1.807, 2.05) is 5.38 Å². The van der Waals surface area contributed by atoms with Gasteiger partial charge in [0.15, 0.2) is 5.78 Å². The Balaban J connectivity index is 2.24. The lowest BCUT2D eigenvalue weighted by Crippen LogP contribution is -2.22. The average Bonchev–Trinajstić information content (AvgIpc) is 2.29. The van der Waals surface area contributed by atoms with E-state index in [4.69, 9.17) is 0 Å². The van der Waals surface area contributed by atoms with E-state index in [0.717, 1.165) is 18.4 Å². The topological polar surface area (TPSA) is 17.1 Å². The van der Waals surface area contributed by atoms with Gasteiger partial charge in [0, 0.05) is 21.7 Å². The van der Waals surface area contributed by atoms with Gasteiger partial charge in [-0.3, -0.25) is 4.79 Å². The number of carbonyl (C=O) groups is 1. The third-order valence-electron chi connectivity index (χ3n) is 3.03. The predicted octanol–water partition coefficient (Wildman–Crippen LogP) is 3.35. The quantitative estimate of drug-likeness (QED) is 0.660. The molecule has 0 spiro atoms. The molecule has 2 heteroatoms. The fourth-order valence-electron chi connectivity index (χ4n) is 1.65. The number of carbonyl (C=O) groups excluding carboxylic acids is 1. The van der Waals surface area contributed by atoms with E-state index < -0.39 is 0 Å². The molecule has 1 aliphatic rings. The fraction of sp³-hybridized carbons (Fsp3) is 0.545. The summed E-state index contributed by atoms with van der Waals surface area (Å²) in [7, 11) is 0. The number of thiophene rings is 1. The minimum atomic E-state index is 0.340. The molecule has 0 amide bonds. The van der Waals surface area contributed by atoms with E-state index in [1.54, 1.807) is 11.3 Å². The van der Waals surface area contributed by atoms with E-state index in [-0.39, 0.29) is 0 Å². The molecule has 1 heterocycles. The van der Waals surface area contributed by atoms with Crippen molar-refractivity contribution in [3.63, 3.8) is 0 Å². The third kappa shape index (κ3) is 1.44. The molecule has 0 atom stereocenters. The van der Waals surface area contributed by atoms with Crippen LogP contribution in [0.15, 0.2) is 5.38 Å². The van der Waals surface area contributed by atoms with Crippen LogP contribution in [0, 0.1) is 19.8 Å². The van der Waals surface area contributed by atoms with Crippen molar-refractivity contribution in [2.75, 3.05) is 0 Å². The van der Waals surface area contributed by atoms with Crippen LogP contribution in [-0.4, -0.2) is 5.78 Å². The molecule has 0 N–H and O–H groups in total. The summed E-state index contributed by atoms with van der Waals surface area (Å²) in [5.41, 5.74) is 2.18. The van der Waals surface area contributed by atoms with Gasteiger partial charge >= 0.3 is 0 Å². The number of Topliss-reactive ketones (excluding diaryl/α,β-unsaturated/α-hetero) is 1. The summed E-state index contributed by atoms with van der Waals surface area (Å²) in [6, 6.07) is 0. The Morgan fingerprint density at radius 3 is 2.54 bits per heavy atom. The SMILES string of the molecule is Cc1scc(C(=O)C2CCC2)c1C. The van der Waals surface area contributed by atoms with Crippen LogP contribution < -0.4 is 0 Å². The number of rotatable bonds is 2. The molecule has 0 bridgehead atoms. The van der Waals surface area contributed by atoms with Gasteiger partial charge in [-0.25, -0.2) is 0 Å². The van der Waals surface area contributed by atoms with Crippen LogP contribution >= 0.6 is 11.3 Å². The highest BCUT2D eigenvalue weighted by atomic mass is 32.1. The van der Waals surface area contributed by atoms with Gasteiger partial charge in [-0.2, -0.15) is 0 Å². The molecular weight excluding hydrogens is 180 g/mol. The Labute approximate surface area is 82.8 Å². The van der Waals surface area contributed by atoms with Crippen LogP contribution in [0.5, 0.6) is 0 Å². The molecule has 0 unspecified atom stereocenters. The highest BCUT2D eigenvalue weighted by Gasteiger charge is 2.27. The van der Waals surface area contributed by atoms with Crippen molar-refractivity contribution < 1.29 is 4.79 Å². The first-order valence-corrected chi connectivity index (χ1v) is 5.67. The van der Waals surface area contributed by atoms with Gasteiger partial charge in [0.2, 0.25) is 0 Å². The fourth-order valence-corrected chi connectivity index (χ4v) is 2.52. The normalized spacial score (nSPS) is 17.1. The van der Waals surface area contributed by atoms with Crippen molar-refractivity contribution in [1.82, 2.24) is 0 Å². The molecule has 13 heavy (non-hydrogen) atoms. The Hall–Kier alpha value is -0.630. The third-order valence-corrected chi connectivity index (χ3v) is 4.04. The largest absolute Gasteiger partial charge is 0.294 e. The number of aryl methyl sites for hydroxylation is 1. The first-order valence-electron chi connectivity index (χ1n) is 4.79. The lowest BCUT2D eigenvalue weighted by atomic mass is 9.80. The van der Waals surface area contributed by atoms with E-state index in [1.165, 1.54) is 16.9 Å². The molecular formula is C11H14OS.